The van der Waals surface area contributed by atoms with E-state index >= 15 is 0 Å². The second-order valence-corrected chi connectivity index (χ2v) is 5.60. The summed E-state index contributed by atoms with van der Waals surface area (Å²) < 4.78 is 1.84. The zero-order chi connectivity index (χ0) is 14.5. The molecule has 0 aliphatic carbocycles. The molecule has 1 unspecified atom stereocenters. The number of nitrogens with one attached hydrogen (secondary N) is 1. The first-order valence-electron chi connectivity index (χ1n) is 6.76. The van der Waals surface area contributed by atoms with Crippen LogP contribution in [0.25, 0.3) is 0 Å². The number of rotatable bonds is 7. The Morgan fingerprint density at radius 2 is 2.16 bits per heavy atom. The van der Waals surface area contributed by atoms with Crippen LogP contribution in [0.2, 0.25) is 5.02 Å². The highest BCUT2D eigenvalue weighted by Gasteiger charge is 2.21. The van der Waals surface area contributed by atoms with E-state index in [1.165, 1.54) is 0 Å². The highest BCUT2D eigenvalue weighted by atomic mass is 35.5. The first kappa shape index (κ1) is 16.1. The van der Waals surface area contributed by atoms with Gasteiger partial charge in [0.15, 0.2) is 0 Å². The van der Waals surface area contributed by atoms with E-state index in [0.29, 0.717) is 17.1 Å². The molecule has 2 N–H and O–H groups in total. The van der Waals surface area contributed by atoms with Gasteiger partial charge >= 0.3 is 0 Å². The fraction of sp³-hybridized carbons (Fsp3) is 0.643. The number of carbonyl (C=O) groups excluding carboxylic acids is 1. The number of aromatic nitrogens is 1. The number of halogens is 1. The average Bonchev–Trinajstić information content (AvgIpc) is 2.68. The molecule has 1 heterocycles. The van der Waals surface area contributed by atoms with Crippen molar-refractivity contribution in [3.05, 3.63) is 23.0 Å². The lowest BCUT2D eigenvalue weighted by Crippen LogP contribution is -2.41. The lowest BCUT2D eigenvalue weighted by atomic mass is 10.0. The normalized spacial score (nSPS) is 14.2. The number of hydrogen-bond donors (Lipinski definition) is 2. The van der Waals surface area contributed by atoms with Gasteiger partial charge in [-0.3, -0.25) is 4.79 Å². The van der Waals surface area contributed by atoms with Crippen molar-refractivity contribution in [1.82, 2.24) is 9.88 Å². The highest BCUT2D eigenvalue weighted by molar-refractivity contribution is 6.31. The molecule has 1 rings (SSSR count). The Bertz CT molecular complexity index is 427. The number of amides is 1. The van der Waals surface area contributed by atoms with E-state index in [2.05, 4.69) is 5.32 Å². The molecule has 108 valence electrons. The third-order valence-electron chi connectivity index (χ3n) is 2.98. The van der Waals surface area contributed by atoms with Gasteiger partial charge in [0.25, 0.3) is 5.91 Å². The summed E-state index contributed by atoms with van der Waals surface area (Å²) in [4.78, 5) is 12.1. The Kier molecular flexibility index (Phi) is 5.88. The molecular formula is C14H23ClN2O2. The Morgan fingerprint density at radius 1 is 1.47 bits per heavy atom. The SMILES string of the molecule is CCCn1cc(Cl)cc1C(=O)NCC(C)(O)CCC. The number of nitrogens with zero attached hydrogens (tertiary/aromatic N) is 1. The van der Waals surface area contributed by atoms with Gasteiger partial charge in [-0.25, -0.2) is 0 Å². The second-order valence-electron chi connectivity index (χ2n) is 5.17. The van der Waals surface area contributed by atoms with Crippen molar-refractivity contribution in [2.45, 2.75) is 52.2 Å². The molecule has 5 heteroatoms. The van der Waals surface area contributed by atoms with Crippen molar-refractivity contribution in [1.29, 1.82) is 0 Å². The molecule has 0 saturated heterocycles. The van der Waals surface area contributed by atoms with Crippen LogP contribution < -0.4 is 5.32 Å². The van der Waals surface area contributed by atoms with E-state index in [-0.39, 0.29) is 12.5 Å². The molecule has 0 spiro atoms. The number of aryl methyl sites for hydroxylation is 1. The molecule has 0 bridgehead atoms. The molecular weight excluding hydrogens is 264 g/mol. The quantitative estimate of drug-likeness (QED) is 0.810. The van der Waals surface area contributed by atoms with Crippen molar-refractivity contribution in [3.8, 4) is 0 Å². The van der Waals surface area contributed by atoms with Gasteiger partial charge in [0.1, 0.15) is 5.69 Å². The first-order chi connectivity index (χ1) is 8.89. The number of aliphatic hydroxyl groups is 1. The maximum absolute atomic E-state index is 12.1. The van der Waals surface area contributed by atoms with E-state index in [9.17, 15) is 9.90 Å². The fourth-order valence-corrected chi connectivity index (χ4v) is 2.30. The van der Waals surface area contributed by atoms with Gasteiger partial charge in [0, 0.05) is 19.3 Å². The molecule has 1 aromatic heterocycles. The summed E-state index contributed by atoms with van der Waals surface area (Å²) in [6.07, 6.45) is 4.22. The summed E-state index contributed by atoms with van der Waals surface area (Å²) in [6, 6.07) is 1.65. The van der Waals surface area contributed by atoms with Gasteiger partial charge in [0.05, 0.1) is 10.6 Å². The molecule has 1 amide bonds. The first-order valence-corrected chi connectivity index (χ1v) is 7.13. The van der Waals surface area contributed by atoms with Gasteiger partial charge in [0.2, 0.25) is 0 Å². The summed E-state index contributed by atoms with van der Waals surface area (Å²) in [6.45, 7) is 6.77. The molecule has 0 aliphatic heterocycles. The van der Waals surface area contributed by atoms with Crippen molar-refractivity contribution in [2.24, 2.45) is 0 Å². The average molecular weight is 287 g/mol. The zero-order valence-corrected chi connectivity index (χ0v) is 12.6. The van der Waals surface area contributed by atoms with Crippen LogP contribution in [0.4, 0.5) is 0 Å². The topological polar surface area (TPSA) is 54.3 Å². The molecule has 19 heavy (non-hydrogen) atoms. The van der Waals surface area contributed by atoms with Gasteiger partial charge < -0.3 is 15.0 Å². The predicted octanol–water partition coefficient (Wildman–Crippen LogP) is 2.83. The van der Waals surface area contributed by atoms with Crippen molar-refractivity contribution >= 4 is 17.5 Å². The van der Waals surface area contributed by atoms with Gasteiger partial charge in [-0.2, -0.15) is 0 Å². The number of hydrogen-bond acceptors (Lipinski definition) is 2. The Hall–Kier alpha value is -1.00. The lowest BCUT2D eigenvalue weighted by Gasteiger charge is -2.23. The third kappa shape index (κ3) is 4.88. The largest absolute Gasteiger partial charge is 0.388 e. The van der Waals surface area contributed by atoms with Crippen molar-refractivity contribution in [2.75, 3.05) is 6.54 Å². The molecule has 1 aromatic rings. The molecule has 0 saturated carbocycles. The van der Waals surface area contributed by atoms with E-state index in [4.69, 9.17) is 11.6 Å². The summed E-state index contributed by atoms with van der Waals surface area (Å²) in [5, 5.41) is 13.4. The van der Waals surface area contributed by atoms with Gasteiger partial charge in [-0.05, 0) is 25.8 Å². The van der Waals surface area contributed by atoms with Crippen molar-refractivity contribution < 1.29 is 9.90 Å². The zero-order valence-electron chi connectivity index (χ0n) is 11.9. The maximum atomic E-state index is 12.1. The minimum atomic E-state index is -0.865. The fourth-order valence-electron chi connectivity index (χ4n) is 2.08. The van der Waals surface area contributed by atoms with E-state index in [1.54, 1.807) is 19.2 Å². The van der Waals surface area contributed by atoms with Crippen molar-refractivity contribution in [3.63, 3.8) is 0 Å². The summed E-state index contributed by atoms with van der Waals surface area (Å²) in [5.74, 6) is -0.197. The van der Waals surface area contributed by atoms with Crippen LogP contribution in [-0.2, 0) is 6.54 Å². The monoisotopic (exact) mass is 286 g/mol. The van der Waals surface area contributed by atoms with Crippen LogP contribution in [0.15, 0.2) is 12.3 Å². The van der Waals surface area contributed by atoms with Crippen LogP contribution >= 0.6 is 11.6 Å². The Morgan fingerprint density at radius 3 is 2.74 bits per heavy atom. The van der Waals surface area contributed by atoms with Crippen LogP contribution in [0.5, 0.6) is 0 Å². The summed E-state index contributed by atoms with van der Waals surface area (Å²) in [7, 11) is 0. The number of carbonyl (C=O) groups is 1. The van der Waals surface area contributed by atoms with Crippen LogP contribution in [0.1, 0.15) is 50.5 Å². The van der Waals surface area contributed by atoms with E-state index in [0.717, 1.165) is 19.4 Å². The lowest BCUT2D eigenvalue weighted by molar-refractivity contribution is 0.0467. The van der Waals surface area contributed by atoms with Crippen LogP contribution in [0, 0.1) is 0 Å². The molecule has 1 atom stereocenters. The minimum Gasteiger partial charge on any atom is -0.388 e. The van der Waals surface area contributed by atoms with Gasteiger partial charge in [-0.1, -0.05) is 31.9 Å². The van der Waals surface area contributed by atoms with E-state index in [1.807, 2.05) is 18.4 Å². The third-order valence-corrected chi connectivity index (χ3v) is 3.19. The molecule has 0 fully saturated rings. The molecule has 4 nitrogen and oxygen atoms in total. The standard InChI is InChI=1S/C14H23ClN2O2/c1-4-6-14(3,19)10-16-13(18)12-8-11(15)9-17(12)7-5-2/h8-9,19H,4-7,10H2,1-3H3,(H,16,18). The predicted molar refractivity (Wildman–Crippen MR) is 77.6 cm³/mol. The summed E-state index contributed by atoms with van der Waals surface area (Å²) >= 11 is 5.93. The smallest absolute Gasteiger partial charge is 0.268 e. The van der Waals surface area contributed by atoms with Crippen LogP contribution in [-0.4, -0.2) is 27.7 Å². The van der Waals surface area contributed by atoms with E-state index < -0.39 is 5.60 Å². The molecule has 0 aromatic carbocycles. The molecule has 0 radical (unpaired) electrons. The van der Waals surface area contributed by atoms with Gasteiger partial charge in [-0.15, -0.1) is 0 Å². The second kappa shape index (κ2) is 6.96. The maximum Gasteiger partial charge on any atom is 0.268 e. The summed E-state index contributed by atoms with van der Waals surface area (Å²) in [5.41, 5.74) is -0.324. The Balaban J connectivity index is 2.68. The Labute approximate surface area is 119 Å². The highest BCUT2D eigenvalue weighted by Crippen LogP contribution is 2.15. The minimum absolute atomic E-state index is 0.197. The van der Waals surface area contributed by atoms with Crippen LogP contribution in [0.3, 0.4) is 0 Å². The molecule has 0 aliphatic rings.